The summed E-state index contributed by atoms with van der Waals surface area (Å²) in [6, 6.07) is 7.54. The van der Waals surface area contributed by atoms with E-state index >= 15 is 0 Å². The molecule has 2 aromatic carbocycles. The van der Waals surface area contributed by atoms with Crippen LogP contribution in [-0.4, -0.2) is 16.4 Å². The van der Waals surface area contributed by atoms with Crippen LogP contribution in [0.5, 0.6) is 5.75 Å². The van der Waals surface area contributed by atoms with E-state index in [1.54, 1.807) is 0 Å². The lowest BCUT2D eigenvalue weighted by Gasteiger charge is -2.26. The minimum absolute atomic E-state index is 0.0423. The van der Waals surface area contributed by atoms with E-state index < -0.39 is 22.2 Å². The topological polar surface area (TPSA) is 81.5 Å². The van der Waals surface area contributed by atoms with Crippen molar-refractivity contribution >= 4 is 44.8 Å². The molecule has 25 heavy (non-hydrogen) atoms. The molecule has 2 rings (SSSR count). The molecule has 0 aliphatic carbocycles. The van der Waals surface area contributed by atoms with Crippen LogP contribution in [0.4, 0.5) is 15.8 Å². The highest BCUT2D eigenvalue weighted by Gasteiger charge is 2.31. The molecular weight excluding hydrogens is 419 g/mol. The number of amides is 1. The summed E-state index contributed by atoms with van der Waals surface area (Å²) in [6.07, 6.45) is 0. The Morgan fingerprint density at radius 1 is 1.32 bits per heavy atom. The Balaban J connectivity index is 2.22. The van der Waals surface area contributed by atoms with Gasteiger partial charge in [-0.3, -0.25) is 14.9 Å². The minimum atomic E-state index is -1.38. The second kappa shape index (κ2) is 7.37. The summed E-state index contributed by atoms with van der Waals surface area (Å²) in [5.41, 5.74) is -1.33. The lowest BCUT2D eigenvalue weighted by Crippen LogP contribution is -2.42. The first kappa shape index (κ1) is 19.1. The van der Waals surface area contributed by atoms with Crippen LogP contribution >= 0.6 is 27.5 Å². The number of hydrogen-bond donors (Lipinski definition) is 1. The number of ether oxygens (including phenoxy) is 1. The van der Waals surface area contributed by atoms with E-state index in [0.717, 1.165) is 12.1 Å². The van der Waals surface area contributed by atoms with Crippen molar-refractivity contribution in [2.75, 3.05) is 5.32 Å². The molecule has 1 N–H and O–H groups in total. The van der Waals surface area contributed by atoms with Crippen molar-refractivity contribution in [1.82, 2.24) is 0 Å². The van der Waals surface area contributed by atoms with Crippen LogP contribution in [0.25, 0.3) is 0 Å². The summed E-state index contributed by atoms with van der Waals surface area (Å²) < 4.78 is 19.2. The van der Waals surface area contributed by atoms with Crippen LogP contribution < -0.4 is 10.1 Å². The van der Waals surface area contributed by atoms with Crippen molar-refractivity contribution in [1.29, 1.82) is 0 Å². The minimum Gasteiger partial charge on any atom is -0.477 e. The second-order valence-electron chi connectivity index (χ2n) is 5.56. The summed E-state index contributed by atoms with van der Waals surface area (Å²) in [4.78, 5) is 22.8. The number of nitrogens with zero attached hydrogens (tertiary/aromatic N) is 1. The summed E-state index contributed by atoms with van der Waals surface area (Å²) in [7, 11) is 0. The van der Waals surface area contributed by atoms with E-state index in [1.165, 1.54) is 38.1 Å². The molecule has 132 valence electrons. The molecule has 6 nitrogen and oxygen atoms in total. The molecular formula is C16H13BrClFN2O4. The van der Waals surface area contributed by atoms with Gasteiger partial charge >= 0.3 is 0 Å². The Bertz CT molecular complexity index is 845. The quantitative estimate of drug-likeness (QED) is 0.537. The third kappa shape index (κ3) is 4.67. The van der Waals surface area contributed by atoms with E-state index in [0.29, 0.717) is 4.47 Å². The first-order chi connectivity index (χ1) is 11.6. The Morgan fingerprint density at radius 2 is 2.00 bits per heavy atom. The Labute approximate surface area is 156 Å². The molecule has 0 aliphatic rings. The van der Waals surface area contributed by atoms with Crippen LogP contribution in [0.2, 0.25) is 5.02 Å². The van der Waals surface area contributed by atoms with Crippen LogP contribution in [-0.2, 0) is 4.79 Å². The smallest absolute Gasteiger partial charge is 0.273 e. The molecule has 0 aliphatic heterocycles. The van der Waals surface area contributed by atoms with Crippen molar-refractivity contribution < 1.29 is 18.8 Å². The average molecular weight is 432 g/mol. The maximum absolute atomic E-state index is 13.1. The molecule has 0 aromatic heterocycles. The molecule has 0 unspecified atom stereocenters. The van der Waals surface area contributed by atoms with E-state index in [9.17, 15) is 19.3 Å². The summed E-state index contributed by atoms with van der Waals surface area (Å²) in [5, 5.41) is 13.5. The standard InChI is InChI=1S/C16H13BrClFN2O4/c1-16(2,15(22)20-13-6-3-9(19)7-12(13)18)25-14-8-10(21(23)24)4-5-11(14)17/h3-8H,1-2H3,(H,20,22). The zero-order valence-corrected chi connectivity index (χ0v) is 15.5. The molecule has 0 bridgehead atoms. The monoisotopic (exact) mass is 430 g/mol. The number of benzene rings is 2. The fourth-order valence-corrected chi connectivity index (χ4v) is 2.41. The van der Waals surface area contributed by atoms with Crippen molar-refractivity contribution in [3.63, 3.8) is 0 Å². The highest BCUT2D eigenvalue weighted by molar-refractivity contribution is 9.10. The average Bonchev–Trinajstić information content (AvgIpc) is 2.51. The van der Waals surface area contributed by atoms with Gasteiger partial charge < -0.3 is 10.1 Å². The van der Waals surface area contributed by atoms with Gasteiger partial charge in [0.25, 0.3) is 11.6 Å². The molecule has 0 radical (unpaired) electrons. The maximum atomic E-state index is 13.1. The molecule has 1 amide bonds. The highest BCUT2D eigenvalue weighted by Crippen LogP contribution is 2.32. The predicted octanol–water partition coefficient (Wildman–Crippen LogP) is 4.95. The zero-order chi connectivity index (χ0) is 18.8. The number of nitro benzene ring substituents is 1. The van der Waals surface area contributed by atoms with Gasteiger partial charge in [-0.1, -0.05) is 11.6 Å². The van der Waals surface area contributed by atoms with Gasteiger partial charge in [0.2, 0.25) is 0 Å². The van der Waals surface area contributed by atoms with Gasteiger partial charge in [0, 0.05) is 6.07 Å². The van der Waals surface area contributed by atoms with Gasteiger partial charge in [0.05, 0.1) is 26.2 Å². The predicted molar refractivity (Wildman–Crippen MR) is 95.5 cm³/mol. The number of non-ortho nitro benzene ring substituents is 1. The van der Waals surface area contributed by atoms with Gasteiger partial charge in [0.15, 0.2) is 5.60 Å². The van der Waals surface area contributed by atoms with Crippen molar-refractivity contribution in [3.05, 3.63) is 61.8 Å². The third-order valence-corrected chi connectivity index (χ3v) is 4.18. The summed E-state index contributed by atoms with van der Waals surface area (Å²) >= 11 is 9.11. The second-order valence-corrected chi connectivity index (χ2v) is 6.82. The van der Waals surface area contributed by atoms with Gasteiger partial charge in [-0.25, -0.2) is 4.39 Å². The fourth-order valence-electron chi connectivity index (χ4n) is 1.87. The SMILES string of the molecule is CC(C)(Oc1cc([N+](=O)[O-])ccc1Br)C(=O)Nc1ccc(F)cc1Cl. The van der Waals surface area contributed by atoms with Crippen LogP contribution in [0.3, 0.4) is 0 Å². The lowest BCUT2D eigenvalue weighted by atomic mass is 10.1. The molecule has 0 atom stereocenters. The van der Waals surface area contributed by atoms with Gasteiger partial charge in [-0.15, -0.1) is 0 Å². The number of nitrogens with one attached hydrogen (secondary N) is 1. The molecule has 0 fully saturated rings. The molecule has 2 aromatic rings. The normalized spacial score (nSPS) is 11.1. The summed E-state index contributed by atoms with van der Waals surface area (Å²) in [5.74, 6) is -0.946. The Kier molecular flexibility index (Phi) is 5.64. The van der Waals surface area contributed by atoms with Crippen molar-refractivity contribution in [3.8, 4) is 5.75 Å². The lowest BCUT2D eigenvalue weighted by molar-refractivity contribution is -0.385. The highest BCUT2D eigenvalue weighted by atomic mass is 79.9. The molecule has 0 spiro atoms. The van der Waals surface area contributed by atoms with Crippen molar-refractivity contribution in [2.45, 2.75) is 19.4 Å². The molecule has 0 heterocycles. The number of rotatable bonds is 5. The third-order valence-electron chi connectivity index (χ3n) is 3.22. The Morgan fingerprint density at radius 3 is 2.60 bits per heavy atom. The van der Waals surface area contributed by atoms with Gasteiger partial charge in [-0.2, -0.15) is 0 Å². The largest absolute Gasteiger partial charge is 0.477 e. The maximum Gasteiger partial charge on any atom is 0.273 e. The van der Waals surface area contributed by atoms with E-state index in [1.807, 2.05) is 0 Å². The van der Waals surface area contributed by atoms with E-state index in [4.69, 9.17) is 16.3 Å². The van der Waals surface area contributed by atoms with E-state index in [-0.39, 0.29) is 22.1 Å². The number of nitro groups is 1. The summed E-state index contributed by atoms with van der Waals surface area (Å²) in [6.45, 7) is 2.98. The van der Waals surface area contributed by atoms with Crippen molar-refractivity contribution in [2.24, 2.45) is 0 Å². The first-order valence-electron chi connectivity index (χ1n) is 6.99. The molecule has 0 saturated heterocycles. The number of carbonyl (C=O) groups excluding carboxylic acids is 1. The number of hydrogen-bond acceptors (Lipinski definition) is 4. The van der Waals surface area contributed by atoms with Gasteiger partial charge in [-0.05, 0) is 54.0 Å². The van der Waals surface area contributed by atoms with Crippen LogP contribution in [0.1, 0.15) is 13.8 Å². The van der Waals surface area contributed by atoms with Crippen LogP contribution in [0, 0.1) is 15.9 Å². The van der Waals surface area contributed by atoms with E-state index in [2.05, 4.69) is 21.2 Å². The number of carbonyl (C=O) groups is 1. The van der Waals surface area contributed by atoms with Gasteiger partial charge in [0.1, 0.15) is 11.6 Å². The molecule has 9 heteroatoms. The first-order valence-corrected chi connectivity index (χ1v) is 8.17. The number of halogens is 3. The van der Waals surface area contributed by atoms with Crippen LogP contribution in [0.15, 0.2) is 40.9 Å². The Hall–Kier alpha value is -2.19. The number of anilines is 1. The fraction of sp³-hybridized carbons (Fsp3) is 0.188. The molecule has 0 saturated carbocycles. The zero-order valence-electron chi connectivity index (χ0n) is 13.2.